The Balaban J connectivity index is 1.27. The zero-order valence-corrected chi connectivity index (χ0v) is 23.3. The molecule has 0 aromatic heterocycles. The molecule has 0 aliphatic rings. The molecule has 0 amide bonds. The maximum Gasteiger partial charge on any atom is 0.0468 e. The molecule has 0 atom stereocenters. The first-order valence-corrected chi connectivity index (χ1v) is 14.3. The van der Waals surface area contributed by atoms with E-state index in [2.05, 4.69) is 166 Å². The normalized spacial score (nSPS) is 11.6. The quantitative estimate of drug-likeness (QED) is 0.189. The fourth-order valence-electron chi connectivity index (χ4n) is 6.15. The molecular weight excluding hydrogens is 550 g/mol. The van der Waals surface area contributed by atoms with E-state index in [9.17, 15) is 0 Å². The molecule has 8 aromatic carbocycles. The van der Waals surface area contributed by atoms with Crippen LogP contribution in [0.4, 0.5) is 17.1 Å². The van der Waals surface area contributed by atoms with Gasteiger partial charge in [-0.1, -0.05) is 119 Å². The Hall–Kier alpha value is -4.66. The molecular formula is C38H24BrN. The van der Waals surface area contributed by atoms with Crippen molar-refractivity contribution in [2.75, 3.05) is 4.90 Å². The Morgan fingerprint density at radius 3 is 1.77 bits per heavy atom. The molecule has 0 heterocycles. The van der Waals surface area contributed by atoms with Crippen LogP contribution in [0.5, 0.6) is 0 Å². The number of hydrogen-bond donors (Lipinski definition) is 0. The fraction of sp³-hybridized carbons (Fsp3) is 0. The summed E-state index contributed by atoms with van der Waals surface area (Å²) >= 11 is 3.77. The van der Waals surface area contributed by atoms with E-state index in [-0.39, 0.29) is 0 Å². The second-order valence-electron chi connectivity index (χ2n) is 10.3. The molecule has 1 nitrogen and oxygen atoms in total. The Kier molecular flexibility index (Phi) is 5.36. The van der Waals surface area contributed by atoms with Gasteiger partial charge in [0, 0.05) is 21.5 Å². The van der Waals surface area contributed by atoms with E-state index >= 15 is 0 Å². The summed E-state index contributed by atoms with van der Waals surface area (Å²) in [6.07, 6.45) is 0. The predicted molar refractivity (Wildman–Crippen MR) is 175 cm³/mol. The van der Waals surface area contributed by atoms with Gasteiger partial charge in [0.05, 0.1) is 0 Å². The van der Waals surface area contributed by atoms with Gasteiger partial charge in [0.15, 0.2) is 0 Å². The molecule has 8 rings (SSSR count). The third-order valence-corrected chi connectivity index (χ3v) is 8.75. The molecule has 8 aromatic rings. The van der Waals surface area contributed by atoms with E-state index < -0.39 is 0 Å². The first-order valence-electron chi connectivity index (χ1n) is 13.5. The topological polar surface area (TPSA) is 3.24 Å². The second-order valence-corrected chi connectivity index (χ2v) is 11.2. The van der Waals surface area contributed by atoms with Gasteiger partial charge in [-0.05, 0) is 96.7 Å². The van der Waals surface area contributed by atoms with Crippen molar-refractivity contribution >= 4 is 76.1 Å². The monoisotopic (exact) mass is 573 g/mol. The minimum absolute atomic E-state index is 1.13. The molecule has 0 aliphatic heterocycles. The van der Waals surface area contributed by atoms with E-state index in [1.807, 2.05) is 0 Å². The highest BCUT2D eigenvalue weighted by atomic mass is 79.9. The first-order chi connectivity index (χ1) is 19.7. The van der Waals surface area contributed by atoms with Gasteiger partial charge in [0.1, 0.15) is 0 Å². The molecule has 40 heavy (non-hydrogen) atoms. The van der Waals surface area contributed by atoms with Crippen molar-refractivity contribution < 1.29 is 0 Å². The van der Waals surface area contributed by atoms with Crippen molar-refractivity contribution in [1.29, 1.82) is 0 Å². The lowest BCUT2D eigenvalue weighted by molar-refractivity contribution is 1.29. The van der Waals surface area contributed by atoms with Crippen molar-refractivity contribution in [3.05, 3.63) is 150 Å². The molecule has 0 bridgehead atoms. The zero-order valence-electron chi connectivity index (χ0n) is 21.7. The molecule has 0 N–H and O–H groups in total. The van der Waals surface area contributed by atoms with Gasteiger partial charge in [-0.25, -0.2) is 0 Å². The number of anilines is 3. The maximum atomic E-state index is 3.77. The summed E-state index contributed by atoms with van der Waals surface area (Å²) in [5, 5.41) is 10.2. The van der Waals surface area contributed by atoms with Crippen LogP contribution in [0.15, 0.2) is 150 Å². The van der Waals surface area contributed by atoms with Crippen LogP contribution in [0, 0.1) is 0 Å². The number of para-hydroxylation sites is 1. The highest BCUT2D eigenvalue weighted by Gasteiger charge is 2.16. The minimum atomic E-state index is 1.13. The lowest BCUT2D eigenvalue weighted by Crippen LogP contribution is -2.09. The minimum Gasteiger partial charge on any atom is -0.310 e. The second kappa shape index (κ2) is 9.22. The van der Waals surface area contributed by atoms with Gasteiger partial charge in [-0.2, -0.15) is 0 Å². The smallest absolute Gasteiger partial charge is 0.0468 e. The number of benzene rings is 8. The van der Waals surface area contributed by atoms with Crippen LogP contribution in [0.2, 0.25) is 0 Å². The number of fused-ring (bicyclic) bond motifs is 1. The van der Waals surface area contributed by atoms with Crippen LogP contribution in [0.1, 0.15) is 0 Å². The summed E-state index contributed by atoms with van der Waals surface area (Å²) in [5.74, 6) is 0. The highest BCUT2D eigenvalue weighted by molar-refractivity contribution is 9.10. The highest BCUT2D eigenvalue weighted by Crippen LogP contribution is 2.42. The first kappa shape index (κ1) is 23.2. The van der Waals surface area contributed by atoms with Crippen LogP contribution >= 0.6 is 15.9 Å². The molecule has 188 valence electrons. The standard InChI is InChI=1S/C38H24BrN/c39-36-23-16-28-14-21-34-33(20-13-27-15-22-35(36)38(28)37(27)34)26-11-17-31(18-12-26)40(30-8-2-1-3-9-30)32-19-10-25-6-4-5-7-29(25)24-32/h1-24H. The average Bonchev–Trinajstić information content (AvgIpc) is 3.02. The van der Waals surface area contributed by atoms with E-state index in [4.69, 9.17) is 0 Å². The molecule has 2 heteroatoms. The maximum absolute atomic E-state index is 3.77. The summed E-state index contributed by atoms with van der Waals surface area (Å²) in [4.78, 5) is 2.33. The fourth-order valence-corrected chi connectivity index (χ4v) is 6.61. The van der Waals surface area contributed by atoms with Crippen molar-refractivity contribution in [3.63, 3.8) is 0 Å². The van der Waals surface area contributed by atoms with E-state index in [0.717, 1.165) is 21.5 Å². The molecule has 0 saturated heterocycles. The van der Waals surface area contributed by atoms with E-state index in [1.54, 1.807) is 0 Å². The third kappa shape index (κ3) is 3.68. The summed E-state index contributed by atoms with van der Waals surface area (Å²) < 4.78 is 1.14. The summed E-state index contributed by atoms with van der Waals surface area (Å²) in [6.45, 7) is 0. The van der Waals surface area contributed by atoms with Gasteiger partial charge >= 0.3 is 0 Å². The van der Waals surface area contributed by atoms with Crippen molar-refractivity contribution in [3.8, 4) is 11.1 Å². The summed E-state index contributed by atoms with van der Waals surface area (Å²) in [7, 11) is 0. The Morgan fingerprint density at radius 2 is 0.975 bits per heavy atom. The van der Waals surface area contributed by atoms with Crippen molar-refractivity contribution in [2.45, 2.75) is 0 Å². The predicted octanol–water partition coefficient (Wildman–Crippen LogP) is 11.6. The number of nitrogens with zero attached hydrogens (tertiary/aromatic N) is 1. The molecule has 0 fully saturated rings. The van der Waals surface area contributed by atoms with Crippen LogP contribution in [0.3, 0.4) is 0 Å². The van der Waals surface area contributed by atoms with Gasteiger partial charge in [-0.3, -0.25) is 0 Å². The Morgan fingerprint density at radius 1 is 0.400 bits per heavy atom. The van der Waals surface area contributed by atoms with Crippen LogP contribution in [-0.2, 0) is 0 Å². The van der Waals surface area contributed by atoms with Crippen LogP contribution < -0.4 is 4.90 Å². The molecule has 0 unspecified atom stereocenters. The number of rotatable bonds is 4. The SMILES string of the molecule is Brc1ccc2ccc3c(-c4ccc(N(c5ccccc5)c5ccc6ccccc6c5)cc4)ccc4ccc1c2c43. The molecule has 0 radical (unpaired) electrons. The average molecular weight is 575 g/mol. The van der Waals surface area contributed by atoms with Crippen LogP contribution in [-0.4, -0.2) is 0 Å². The van der Waals surface area contributed by atoms with Gasteiger partial charge in [0.2, 0.25) is 0 Å². The Labute approximate surface area is 241 Å². The molecule has 0 saturated carbocycles. The van der Waals surface area contributed by atoms with Crippen LogP contribution in [0.25, 0.3) is 54.2 Å². The third-order valence-electron chi connectivity index (χ3n) is 8.05. The van der Waals surface area contributed by atoms with Crippen molar-refractivity contribution in [2.24, 2.45) is 0 Å². The van der Waals surface area contributed by atoms with E-state index in [1.165, 1.54) is 54.2 Å². The van der Waals surface area contributed by atoms with Gasteiger partial charge in [-0.15, -0.1) is 0 Å². The summed E-state index contributed by atoms with van der Waals surface area (Å²) in [5.41, 5.74) is 5.88. The largest absolute Gasteiger partial charge is 0.310 e. The lowest BCUT2D eigenvalue weighted by atomic mass is 9.90. The van der Waals surface area contributed by atoms with Crippen molar-refractivity contribution in [1.82, 2.24) is 0 Å². The lowest BCUT2D eigenvalue weighted by Gasteiger charge is -2.26. The number of hydrogen-bond acceptors (Lipinski definition) is 1. The molecule has 0 aliphatic carbocycles. The molecule has 0 spiro atoms. The van der Waals surface area contributed by atoms with Gasteiger partial charge in [0.25, 0.3) is 0 Å². The Bertz CT molecular complexity index is 2160. The summed E-state index contributed by atoms with van der Waals surface area (Å²) in [6, 6.07) is 52.7. The number of halogens is 1. The van der Waals surface area contributed by atoms with Gasteiger partial charge < -0.3 is 4.90 Å². The zero-order chi connectivity index (χ0) is 26.6. The van der Waals surface area contributed by atoms with E-state index in [0.29, 0.717) is 0 Å².